The fourth-order valence-corrected chi connectivity index (χ4v) is 4.09. The maximum absolute atomic E-state index is 12.7. The van der Waals surface area contributed by atoms with Crippen LogP contribution in [0.4, 0.5) is 23.7 Å². The molecule has 28 heavy (non-hydrogen) atoms. The van der Waals surface area contributed by atoms with Crippen LogP contribution in [0.2, 0.25) is 0 Å². The molecule has 2 fully saturated rings. The van der Waals surface area contributed by atoms with Crippen molar-refractivity contribution in [1.82, 2.24) is 4.90 Å². The Labute approximate surface area is 164 Å². The summed E-state index contributed by atoms with van der Waals surface area (Å²) in [6.07, 6.45) is -0.649. The van der Waals surface area contributed by atoms with Crippen molar-refractivity contribution < 1.29 is 22.7 Å². The number of carbonyl (C=O) groups excluding carboxylic acids is 1. The van der Waals surface area contributed by atoms with E-state index < -0.39 is 17.3 Å². The number of anilines is 1. The lowest BCUT2D eigenvalue weighted by Gasteiger charge is -2.47. The highest BCUT2D eigenvalue weighted by molar-refractivity contribution is 5.68. The van der Waals surface area contributed by atoms with E-state index in [1.807, 2.05) is 20.8 Å². The highest BCUT2D eigenvalue weighted by atomic mass is 19.4. The molecule has 0 unspecified atom stereocenters. The Hall–Kier alpha value is -1.92. The average molecular weight is 398 g/mol. The predicted octanol–water partition coefficient (Wildman–Crippen LogP) is 5.32. The van der Waals surface area contributed by atoms with Gasteiger partial charge in [0.05, 0.1) is 5.56 Å². The molecular formula is C21H29F3N2O2. The summed E-state index contributed by atoms with van der Waals surface area (Å²) >= 11 is 0. The van der Waals surface area contributed by atoms with Gasteiger partial charge in [-0.05, 0) is 76.1 Å². The maximum Gasteiger partial charge on any atom is 0.416 e. The van der Waals surface area contributed by atoms with E-state index in [0.29, 0.717) is 13.1 Å². The molecule has 0 radical (unpaired) electrons. The first kappa shape index (κ1) is 20.8. The van der Waals surface area contributed by atoms with Gasteiger partial charge in [0.25, 0.3) is 0 Å². The zero-order valence-electron chi connectivity index (χ0n) is 16.8. The summed E-state index contributed by atoms with van der Waals surface area (Å²) in [5, 5.41) is 0. The van der Waals surface area contributed by atoms with Crippen molar-refractivity contribution in [2.45, 2.75) is 58.2 Å². The Balaban J connectivity index is 1.52. The molecule has 0 bridgehead atoms. The van der Waals surface area contributed by atoms with E-state index in [1.54, 1.807) is 17.0 Å². The Kier molecular flexibility index (Phi) is 5.56. The molecule has 0 N–H and O–H groups in total. The third kappa shape index (κ3) is 4.92. The molecule has 4 nitrogen and oxygen atoms in total. The van der Waals surface area contributed by atoms with Gasteiger partial charge < -0.3 is 14.5 Å². The predicted molar refractivity (Wildman–Crippen MR) is 102 cm³/mol. The number of amides is 1. The maximum atomic E-state index is 12.7. The van der Waals surface area contributed by atoms with Gasteiger partial charge in [-0.3, -0.25) is 0 Å². The fraction of sp³-hybridized carbons (Fsp3) is 0.667. The molecular weight excluding hydrogens is 369 g/mol. The Morgan fingerprint density at radius 2 is 1.43 bits per heavy atom. The SMILES string of the molecule is CC(C)(C)OC(=O)N1CCC2(CC1)CCN(c1ccc(C(F)(F)F)cc1)CC2. The summed E-state index contributed by atoms with van der Waals surface area (Å²) in [5.41, 5.74) is -0.0339. The lowest BCUT2D eigenvalue weighted by Crippen LogP contribution is -2.49. The zero-order valence-corrected chi connectivity index (χ0v) is 16.8. The van der Waals surface area contributed by atoms with Crippen LogP contribution in [-0.4, -0.2) is 42.8 Å². The average Bonchev–Trinajstić information content (AvgIpc) is 2.61. The smallest absolute Gasteiger partial charge is 0.416 e. The molecule has 0 saturated carbocycles. The van der Waals surface area contributed by atoms with Crippen LogP contribution < -0.4 is 4.90 Å². The third-order valence-corrected chi connectivity index (χ3v) is 5.86. The molecule has 0 atom stereocenters. The molecule has 1 aromatic rings. The van der Waals surface area contributed by atoms with Gasteiger partial charge in [-0.1, -0.05) is 0 Å². The third-order valence-electron chi connectivity index (χ3n) is 5.86. The number of benzene rings is 1. The number of piperidine rings is 2. The van der Waals surface area contributed by atoms with Crippen LogP contribution >= 0.6 is 0 Å². The Morgan fingerprint density at radius 3 is 1.89 bits per heavy atom. The summed E-state index contributed by atoms with van der Waals surface area (Å²) in [7, 11) is 0. The van der Waals surface area contributed by atoms with Crippen LogP contribution in [0.15, 0.2) is 24.3 Å². The second-order valence-corrected chi connectivity index (χ2v) is 9.00. The standard InChI is InChI=1S/C21H29F3N2O2/c1-19(2,3)28-18(27)26-14-10-20(11-15-26)8-12-25(13-9-20)17-6-4-16(5-7-17)21(22,23)24/h4-7H,8-15H2,1-3H3. The second-order valence-electron chi connectivity index (χ2n) is 9.00. The number of hydrogen-bond donors (Lipinski definition) is 0. The zero-order chi connectivity index (χ0) is 20.6. The quantitative estimate of drug-likeness (QED) is 0.642. The first-order valence-electron chi connectivity index (χ1n) is 9.88. The highest BCUT2D eigenvalue weighted by Gasteiger charge is 2.39. The van der Waals surface area contributed by atoms with Gasteiger partial charge >= 0.3 is 12.3 Å². The van der Waals surface area contributed by atoms with Crippen LogP contribution in [0.25, 0.3) is 0 Å². The summed E-state index contributed by atoms with van der Waals surface area (Å²) in [5.74, 6) is 0. The molecule has 1 spiro atoms. The van der Waals surface area contributed by atoms with Crippen molar-refractivity contribution in [3.63, 3.8) is 0 Å². The minimum Gasteiger partial charge on any atom is -0.444 e. The van der Waals surface area contributed by atoms with E-state index in [4.69, 9.17) is 4.74 Å². The van der Waals surface area contributed by atoms with Crippen LogP contribution in [0.5, 0.6) is 0 Å². The molecule has 1 aromatic carbocycles. The van der Waals surface area contributed by atoms with E-state index >= 15 is 0 Å². The second kappa shape index (κ2) is 7.48. The molecule has 2 aliphatic heterocycles. The van der Waals surface area contributed by atoms with Gasteiger partial charge in [0.15, 0.2) is 0 Å². The molecule has 3 rings (SSSR count). The number of nitrogens with zero attached hydrogens (tertiary/aromatic N) is 2. The van der Waals surface area contributed by atoms with Gasteiger partial charge in [-0.2, -0.15) is 13.2 Å². The number of ether oxygens (including phenoxy) is 1. The number of rotatable bonds is 1. The number of halogens is 3. The monoisotopic (exact) mass is 398 g/mol. The van der Waals surface area contributed by atoms with Gasteiger partial charge in [0.2, 0.25) is 0 Å². The number of likely N-dealkylation sites (tertiary alicyclic amines) is 1. The Morgan fingerprint density at radius 1 is 0.929 bits per heavy atom. The Bertz CT molecular complexity index is 677. The van der Waals surface area contributed by atoms with Gasteiger partial charge in [0, 0.05) is 31.9 Å². The van der Waals surface area contributed by atoms with E-state index in [0.717, 1.165) is 56.6 Å². The molecule has 2 saturated heterocycles. The van der Waals surface area contributed by atoms with Gasteiger partial charge in [-0.15, -0.1) is 0 Å². The van der Waals surface area contributed by atoms with Crippen molar-refractivity contribution in [2.24, 2.45) is 5.41 Å². The van der Waals surface area contributed by atoms with Crippen LogP contribution in [-0.2, 0) is 10.9 Å². The topological polar surface area (TPSA) is 32.8 Å². The fourth-order valence-electron chi connectivity index (χ4n) is 4.09. The number of carbonyl (C=O) groups is 1. The number of alkyl halides is 3. The lowest BCUT2D eigenvalue weighted by atomic mass is 9.71. The van der Waals surface area contributed by atoms with Crippen molar-refractivity contribution in [3.05, 3.63) is 29.8 Å². The summed E-state index contributed by atoms with van der Waals surface area (Å²) in [6.45, 7) is 8.67. The minimum atomic E-state index is -4.30. The van der Waals surface area contributed by atoms with Gasteiger partial charge in [-0.25, -0.2) is 4.79 Å². The van der Waals surface area contributed by atoms with E-state index in [2.05, 4.69) is 4.90 Å². The molecule has 7 heteroatoms. The van der Waals surface area contributed by atoms with Crippen LogP contribution in [0, 0.1) is 5.41 Å². The molecule has 0 aliphatic carbocycles. The molecule has 2 aliphatic rings. The van der Waals surface area contributed by atoms with Crippen LogP contribution in [0.1, 0.15) is 52.0 Å². The number of hydrogen-bond acceptors (Lipinski definition) is 3. The largest absolute Gasteiger partial charge is 0.444 e. The van der Waals surface area contributed by atoms with E-state index in [9.17, 15) is 18.0 Å². The molecule has 1 amide bonds. The molecule has 2 heterocycles. The van der Waals surface area contributed by atoms with E-state index in [1.165, 1.54) is 0 Å². The normalized spacial score (nSPS) is 20.4. The minimum absolute atomic E-state index is 0.223. The van der Waals surface area contributed by atoms with Crippen LogP contribution in [0.3, 0.4) is 0 Å². The molecule has 0 aromatic heterocycles. The van der Waals surface area contributed by atoms with Gasteiger partial charge in [0.1, 0.15) is 5.60 Å². The first-order chi connectivity index (χ1) is 13.0. The summed E-state index contributed by atoms with van der Waals surface area (Å²) < 4.78 is 43.6. The summed E-state index contributed by atoms with van der Waals surface area (Å²) in [4.78, 5) is 16.2. The van der Waals surface area contributed by atoms with Crippen molar-refractivity contribution in [1.29, 1.82) is 0 Å². The van der Waals surface area contributed by atoms with Crippen molar-refractivity contribution in [2.75, 3.05) is 31.1 Å². The lowest BCUT2D eigenvalue weighted by molar-refractivity contribution is -0.137. The summed E-state index contributed by atoms with van der Waals surface area (Å²) in [6, 6.07) is 5.43. The van der Waals surface area contributed by atoms with Crippen molar-refractivity contribution >= 4 is 11.8 Å². The molecule has 156 valence electrons. The van der Waals surface area contributed by atoms with Crippen molar-refractivity contribution in [3.8, 4) is 0 Å². The highest BCUT2D eigenvalue weighted by Crippen LogP contribution is 2.42. The first-order valence-corrected chi connectivity index (χ1v) is 9.88. The van der Waals surface area contributed by atoms with E-state index in [-0.39, 0.29) is 11.5 Å².